The van der Waals surface area contributed by atoms with Crippen LogP contribution in [0.15, 0.2) is 36.8 Å². The van der Waals surface area contributed by atoms with Crippen molar-refractivity contribution in [3.05, 3.63) is 63.4 Å². The quantitative estimate of drug-likeness (QED) is 0.715. The van der Waals surface area contributed by atoms with Crippen LogP contribution in [0.3, 0.4) is 0 Å². The molecule has 2 unspecified atom stereocenters. The molecule has 1 saturated carbocycles. The highest BCUT2D eigenvalue weighted by Crippen LogP contribution is 2.47. The van der Waals surface area contributed by atoms with Crippen LogP contribution in [0.5, 0.6) is 0 Å². The fourth-order valence-corrected chi connectivity index (χ4v) is 4.13. The number of carbonyl (C=O) groups excluding carboxylic acids is 1. The minimum Gasteiger partial charge on any atom is -0.302 e. The molecule has 1 amide bonds. The second-order valence-electron chi connectivity index (χ2n) is 6.78. The average molecular weight is 387 g/mol. The molecule has 0 radical (unpaired) electrons. The van der Waals surface area contributed by atoms with Crippen molar-refractivity contribution < 1.29 is 4.79 Å². The number of hydrogen-bond acceptors (Lipinski definition) is 4. The summed E-state index contributed by atoms with van der Waals surface area (Å²) in [6.45, 7) is 1.99. The first-order valence-electron chi connectivity index (χ1n) is 8.49. The summed E-state index contributed by atoms with van der Waals surface area (Å²) in [4.78, 5) is 17.9. The van der Waals surface area contributed by atoms with E-state index >= 15 is 0 Å². The SMILES string of the molecule is Cc1ccc(Cc2cnc(NC(=O)C3CC3c3cnn(C)c3)s2)cc1Cl. The number of benzene rings is 1. The molecule has 134 valence electrons. The van der Waals surface area contributed by atoms with Gasteiger partial charge in [-0.1, -0.05) is 23.7 Å². The van der Waals surface area contributed by atoms with Crippen molar-refractivity contribution in [2.45, 2.75) is 25.7 Å². The van der Waals surface area contributed by atoms with Gasteiger partial charge in [0.05, 0.1) is 6.20 Å². The summed E-state index contributed by atoms with van der Waals surface area (Å²) in [6.07, 6.45) is 7.27. The minimum absolute atomic E-state index is 0.0162. The Kier molecular flexibility index (Phi) is 4.54. The first kappa shape index (κ1) is 17.2. The number of carbonyl (C=O) groups is 1. The van der Waals surface area contributed by atoms with E-state index in [0.29, 0.717) is 5.13 Å². The lowest BCUT2D eigenvalue weighted by Gasteiger charge is -2.02. The number of anilines is 1. The van der Waals surface area contributed by atoms with Crippen LogP contribution in [0.2, 0.25) is 5.02 Å². The summed E-state index contributed by atoms with van der Waals surface area (Å²) in [6, 6.07) is 6.08. The third-order valence-electron chi connectivity index (χ3n) is 4.68. The van der Waals surface area contributed by atoms with Gasteiger partial charge in [0.2, 0.25) is 5.91 Å². The van der Waals surface area contributed by atoms with Gasteiger partial charge in [-0.2, -0.15) is 5.10 Å². The fraction of sp³-hybridized carbons (Fsp3) is 0.316. The Balaban J connectivity index is 1.36. The maximum Gasteiger partial charge on any atom is 0.229 e. The molecule has 1 aliphatic carbocycles. The molecule has 26 heavy (non-hydrogen) atoms. The Hall–Kier alpha value is -2.18. The first-order chi connectivity index (χ1) is 12.5. The molecular weight excluding hydrogens is 368 g/mol. The van der Waals surface area contributed by atoms with Gasteiger partial charge in [-0.25, -0.2) is 4.98 Å². The molecule has 0 aliphatic heterocycles. The number of hydrogen-bond donors (Lipinski definition) is 1. The molecule has 2 heterocycles. The van der Waals surface area contributed by atoms with Crippen LogP contribution in [0.1, 0.15) is 33.9 Å². The third kappa shape index (κ3) is 3.66. The average Bonchev–Trinajstić information content (AvgIpc) is 3.11. The maximum absolute atomic E-state index is 12.4. The van der Waals surface area contributed by atoms with Gasteiger partial charge in [0.15, 0.2) is 5.13 Å². The summed E-state index contributed by atoms with van der Waals surface area (Å²) >= 11 is 7.70. The standard InChI is InChI=1S/C19H19ClN4OS/c1-11-3-4-12(6-17(11)20)5-14-9-21-19(26-14)23-18(25)16-7-15(16)13-8-22-24(2)10-13/h3-4,6,8-10,15-16H,5,7H2,1-2H3,(H,21,23,25). The molecular formula is C19H19ClN4OS. The Bertz CT molecular complexity index is 964. The Morgan fingerprint density at radius 1 is 1.42 bits per heavy atom. The van der Waals surface area contributed by atoms with E-state index < -0.39 is 0 Å². The molecule has 1 aromatic carbocycles. The molecule has 0 spiro atoms. The number of halogens is 1. The van der Waals surface area contributed by atoms with Crippen LogP contribution in [-0.4, -0.2) is 20.7 Å². The van der Waals surface area contributed by atoms with Crippen molar-refractivity contribution in [2.24, 2.45) is 13.0 Å². The second kappa shape index (κ2) is 6.85. The van der Waals surface area contributed by atoms with E-state index in [-0.39, 0.29) is 17.7 Å². The number of aromatic nitrogens is 3. The van der Waals surface area contributed by atoms with E-state index in [1.807, 2.05) is 44.7 Å². The highest BCUT2D eigenvalue weighted by Gasteiger charge is 2.44. The maximum atomic E-state index is 12.4. The summed E-state index contributed by atoms with van der Waals surface area (Å²) in [5.74, 6) is 0.332. The molecule has 7 heteroatoms. The van der Waals surface area contributed by atoms with Gasteiger partial charge in [0, 0.05) is 41.7 Å². The monoisotopic (exact) mass is 386 g/mol. The molecule has 5 nitrogen and oxygen atoms in total. The van der Waals surface area contributed by atoms with Gasteiger partial charge in [-0.05, 0) is 42.0 Å². The van der Waals surface area contributed by atoms with Crippen LogP contribution < -0.4 is 5.32 Å². The molecule has 1 fully saturated rings. The minimum atomic E-state index is 0.0162. The molecule has 1 N–H and O–H groups in total. The normalized spacial score (nSPS) is 18.7. The zero-order chi connectivity index (χ0) is 18.3. The van der Waals surface area contributed by atoms with Crippen molar-refractivity contribution in [3.8, 4) is 0 Å². The van der Waals surface area contributed by atoms with Crippen molar-refractivity contribution in [1.82, 2.24) is 14.8 Å². The van der Waals surface area contributed by atoms with Crippen molar-refractivity contribution in [1.29, 1.82) is 0 Å². The van der Waals surface area contributed by atoms with E-state index in [4.69, 9.17) is 11.6 Å². The summed E-state index contributed by atoms with van der Waals surface area (Å²) in [5.41, 5.74) is 3.34. The number of aryl methyl sites for hydroxylation is 2. The van der Waals surface area contributed by atoms with Gasteiger partial charge in [-0.15, -0.1) is 11.3 Å². The van der Waals surface area contributed by atoms with E-state index in [0.717, 1.165) is 39.4 Å². The van der Waals surface area contributed by atoms with Crippen LogP contribution in [0, 0.1) is 12.8 Å². The Morgan fingerprint density at radius 3 is 3.00 bits per heavy atom. The van der Waals surface area contributed by atoms with E-state index in [1.165, 1.54) is 11.3 Å². The molecule has 2 aromatic heterocycles. The number of rotatable bonds is 5. The number of nitrogens with one attached hydrogen (secondary N) is 1. The second-order valence-corrected chi connectivity index (χ2v) is 8.30. The zero-order valence-corrected chi connectivity index (χ0v) is 16.1. The number of thiazole rings is 1. The molecule has 1 aliphatic rings. The molecule has 2 atom stereocenters. The van der Waals surface area contributed by atoms with E-state index in [2.05, 4.69) is 21.5 Å². The van der Waals surface area contributed by atoms with Gasteiger partial charge >= 0.3 is 0 Å². The van der Waals surface area contributed by atoms with Gasteiger partial charge in [-0.3, -0.25) is 9.48 Å². The molecule has 0 saturated heterocycles. The lowest BCUT2D eigenvalue weighted by atomic mass is 10.1. The predicted molar refractivity (Wildman–Crippen MR) is 104 cm³/mol. The van der Waals surface area contributed by atoms with Gasteiger partial charge in [0.25, 0.3) is 0 Å². The number of nitrogens with zero attached hydrogens (tertiary/aromatic N) is 3. The largest absolute Gasteiger partial charge is 0.302 e. The summed E-state index contributed by atoms with van der Waals surface area (Å²) < 4.78 is 1.77. The molecule has 4 rings (SSSR count). The zero-order valence-electron chi connectivity index (χ0n) is 14.6. The summed E-state index contributed by atoms with van der Waals surface area (Å²) in [5, 5.41) is 8.55. The van der Waals surface area contributed by atoms with Crippen LogP contribution in [-0.2, 0) is 18.3 Å². The van der Waals surface area contributed by atoms with Crippen molar-refractivity contribution in [2.75, 3.05) is 5.32 Å². The highest BCUT2D eigenvalue weighted by atomic mass is 35.5. The smallest absolute Gasteiger partial charge is 0.229 e. The molecule has 0 bridgehead atoms. The van der Waals surface area contributed by atoms with Gasteiger partial charge in [0.1, 0.15) is 0 Å². The Labute approximate surface area is 161 Å². The van der Waals surface area contributed by atoms with E-state index in [1.54, 1.807) is 4.68 Å². The van der Waals surface area contributed by atoms with Crippen LogP contribution in [0.25, 0.3) is 0 Å². The van der Waals surface area contributed by atoms with Gasteiger partial charge < -0.3 is 5.32 Å². The lowest BCUT2D eigenvalue weighted by molar-refractivity contribution is -0.117. The molecule has 3 aromatic rings. The predicted octanol–water partition coefficient (Wildman–Crippen LogP) is 4.17. The lowest BCUT2D eigenvalue weighted by Crippen LogP contribution is -2.14. The van der Waals surface area contributed by atoms with Crippen molar-refractivity contribution in [3.63, 3.8) is 0 Å². The van der Waals surface area contributed by atoms with Crippen molar-refractivity contribution >= 4 is 34.0 Å². The first-order valence-corrected chi connectivity index (χ1v) is 9.68. The fourth-order valence-electron chi connectivity index (χ4n) is 3.08. The van der Waals surface area contributed by atoms with Crippen LogP contribution in [0.4, 0.5) is 5.13 Å². The van der Waals surface area contributed by atoms with Crippen LogP contribution >= 0.6 is 22.9 Å². The van der Waals surface area contributed by atoms with E-state index in [9.17, 15) is 4.79 Å². The topological polar surface area (TPSA) is 59.8 Å². The number of amides is 1. The summed E-state index contributed by atoms with van der Waals surface area (Å²) in [7, 11) is 1.89. The highest BCUT2D eigenvalue weighted by molar-refractivity contribution is 7.15. The Morgan fingerprint density at radius 2 is 2.27 bits per heavy atom. The third-order valence-corrected chi connectivity index (χ3v) is 6.00.